The van der Waals surface area contributed by atoms with E-state index in [0.717, 1.165) is 12.0 Å². The molecule has 0 fully saturated rings. The normalized spacial score (nSPS) is 15.5. The third kappa shape index (κ3) is 3.78. The average Bonchev–Trinajstić information content (AvgIpc) is 2.38. The zero-order valence-electron chi connectivity index (χ0n) is 12.1. The first-order chi connectivity index (χ1) is 8.75. The predicted octanol–water partition coefficient (Wildman–Crippen LogP) is 1.90. The van der Waals surface area contributed by atoms with Gasteiger partial charge in [-0.15, -0.1) is 0 Å². The Labute approximate surface area is 116 Å². The van der Waals surface area contributed by atoms with Crippen molar-refractivity contribution < 1.29 is 8.42 Å². The molecule has 0 heterocycles. The fourth-order valence-electron chi connectivity index (χ4n) is 1.67. The molecule has 3 N–H and O–H groups in total. The number of hydrogen-bond donors (Lipinski definition) is 2. The standard InChI is InChI=1S/C14H24N2O2S/c1-5-12-6-8-13(9-7-12)19(17,18)16-14(4,10-15)11(2)3/h6-9,11,16H,5,10,15H2,1-4H3. The lowest BCUT2D eigenvalue weighted by molar-refractivity contribution is 0.315. The minimum Gasteiger partial charge on any atom is -0.329 e. The van der Waals surface area contributed by atoms with E-state index in [2.05, 4.69) is 4.72 Å². The molecule has 0 aliphatic heterocycles. The fraction of sp³-hybridized carbons (Fsp3) is 0.571. The summed E-state index contributed by atoms with van der Waals surface area (Å²) >= 11 is 0. The van der Waals surface area contributed by atoms with E-state index in [0.29, 0.717) is 0 Å². The largest absolute Gasteiger partial charge is 0.329 e. The van der Waals surface area contributed by atoms with Crippen molar-refractivity contribution in [1.29, 1.82) is 0 Å². The molecule has 0 bridgehead atoms. The van der Waals surface area contributed by atoms with Crippen molar-refractivity contribution in [3.8, 4) is 0 Å². The van der Waals surface area contributed by atoms with Crippen molar-refractivity contribution in [3.05, 3.63) is 29.8 Å². The summed E-state index contributed by atoms with van der Waals surface area (Å²) in [5.41, 5.74) is 6.19. The molecule has 5 heteroatoms. The van der Waals surface area contributed by atoms with Gasteiger partial charge in [-0.3, -0.25) is 0 Å². The van der Waals surface area contributed by atoms with E-state index in [9.17, 15) is 8.42 Å². The SMILES string of the molecule is CCc1ccc(S(=O)(=O)NC(C)(CN)C(C)C)cc1. The highest BCUT2D eigenvalue weighted by atomic mass is 32.2. The molecule has 0 saturated heterocycles. The summed E-state index contributed by atoms with van der Waals surface area (Å²) in [7, 11) is -3.53. The van der Waals surface area contributed by atoms with Crippen LogP contribution in [0.2, 0.25) is 0 Å². The van der Waals surface area contributed by atoms with E-state index in [1.165, 1.54) is 0 Å². The zero-order valence-corrected chi connectivity index (χ0v) is 12.9. The number of benzene rings is 1. The first-order valence-corrected chi connectivity index (χ1v) is 8.06. The van der Waals surface area contributed by atoms with Crippen LogP contribution in [-0.4, -0.2) is 20.5 Å². The van der Waals surface area contributed by atoms with Crippen molar-refractivity contribution in [1.82, 2.24) is 4.72 Å². The molecule has 1 atom stereocenters. The van der Waals surface area contributed by atoms with Gasteiger partial charge in [-0.05, 0) is 37.0 Å². The van der Waals surface area contributed by atoms with Crippen LogP contribution >= 0.6 is 0 Å². The summed E-state index contributed by atoms with van der Waals surface area (Å²) in [4.78, 5) is 0.282. The van der Waals surface area contributed by atoms with Gasteiger partial charge in [0.25, 0.3) is 0 Å². The second-order valence-corrected chi connectivity index (χ2v) is 7.06. The highest BCUT2D eigenvalue weighted by Gasteiger charge is 2.32. The lowest BCUT2D eigenvalue weighted by Crippen LogP contribution is -2.54. The maximum atomic E-state index is 12.3. The van der Waals surface area contributed by atoms with E-state index in [-0.39, 0.29) is 17.4 Å². The second-order valence-electron chi connectivity index (χ2n) is 5.38. The summed E-state index contributed by atoms with van der Waals surface area (Å²) in [6.07, 6.45) is 0.889. The molecule has 0 radical (unpaired) electrons. The second kappa shape index (κ2) is 6.03. The molecular formula is C14H24N2O2S. The van der Waals surface area contributed by atoms with Gasteiger partial charge in [0.2, 0.25) is 10.0 Å². The molecule has 1 rings (SSSR count). The van der Waals surface area contributed by atoms with Crippen LogP contribution in [0.15, 0.2) is 29.2 Å². The first-order valence-electron chi connectivity index (χ1n) is 6.58. The lowest BCUT2D eigenvalue weighted by Gasteiger charge is -2.33. The van der Waals surface area contributed by atoms with Crippen LogP contribution in [-0.2, 0) is 16.4 Å². The fourth-order valence-corrected chi connectivity index (χ4v) is 3.21. The summed E-state index contributed by atoms with van der Waals surface area (Å²) < 4.78 is 27.4. The van der Waals surface area contributed by atoms with Gasteiger partial charge in [0, 0.05) is 12.1 Å². The van der Waals surface area contributed by atoms with E-state index in [1.807, 2.05) is 39.8 Å². The quantitative estimate of drug-likeness (QED) is 0.838. The topological polar surface area (TPSA) is 72.2 Å². The Morgan fingerprint density at radius 1 is 1.26 bits per heavy atom. The summed E-state index contributed by atoms with van der Waals surface area (Å²) in [6, 6.07) is 6.95. The maximum Gasteiger partial charge on any atom is 0.241 e. The van der Waals surface area contributed by atoms with Gasteiger partial charge in [0.15, 0.2) is 0 Å². The van der Waals surface area contributed by atoms with Crippen LogP contribution in [0.4, 0.5) is 0 Å². The first kappa shape index (κ1) is 16.1. The number of nitrogens with one attached hydrogen (secondary N) is 1. The Balaban J connectivity index is 3.03. The van der Waals surface area contributed by atoms with Crippen molar-refractivity contribution in [3.63, 3.8) is 0 Å². The summed E-state index contributed by atoms with van der Waals surface area (Å²) in [5.74, 6) is 0.113. The minimum absolute atomic E-state index is 0.113. The van der Waals surface area contributed by atoms with Crippen LogP contribution in [0.3, 0.4) is 0 Å². The number of aryl methyl sites for hydroxylation is 1. The summed E-state index contributed by atoms with van der Waals surface area (Å²) in [6.45, 7) is 8.03. The van der Waals surface area contributed by atoms with Gasteiger partial charge in [0.1, 0.15) is 0 Å². The van der Waals surface area contributed by atoms with Crippen molar-refractivity contribution in [2.45, 2.75) is 44.6 Å². The molecule has 1 unspecified atom stereocenters. The van der Waals surface area contributed by atoms with Gasteiger partial charge in [0.05, 0.1) is 4.90 Å². The molecule has 0 aromatic heterocycles. The van der Waals surface area contributed by atoms with E-state index in [4.69, 9.17) is 5.73 Å². The van der Waals surface area contributed by atoms with Gasteiger partial charge in [-0.2, -0.15) is 0 Å². The van der Waals surface area contributed by atoms with Gasteiger partial charge >= 0.3 is 0 Å². The smallest absolute Gasteiger partial charge is 0.241 e. The highest BCUT2D eigenvalue weighted by molar-refractivity contribution is 7.89. The Kier molecular flexibility index (Phi) is 5.12. The Hall–Kier alpha value is -0.910. The third-order valence-electron chi connectivity index (χ3n) is 3.71. The van der Waals surface area contributed by atoms with E-state index in [1.54, 1.807) is 12.1 Å². The predicted molar refractivity (Wildman–Crippen MR) is 78.4 cm³/mol. The number of rotatable bonds is 6. The third-order valence-corrected chi connectivity index (χ3v) is 5.34. The van der Waals surface area contributed by atoms with Crippen LogP contribution in [0.1, 0.15) is 33.3 Å². The van der Waals surface area contributed by atoms with Crippen LogP contribution in [0.25, 0.3) is 0 Å². The van der Waals surface area contributed by atoms with Gasteiger partial charge < -0.3 is 5.73 Å². The molecular weight excluding hydrogens is 260 g/mol. The summed E-state index contributed by atoms with van der Waals surface area (Å²) in [5, 5.41) is 0. The molecule has 1 aromatic rings. The molecule has 19 heavy (non-hydrogen) atoms. The number of sulfonamides is 1. The zero-order chi connectivity index (χ0) is 14.7. The Bertz CT molecular complexity index is 509. The maximum absolute atomic E-state index is 12.3. The Morgan fingerprint density at radius 2 is 1.79 bits per heavy atom. The van der Waals surface area contributed by atoms with Crippen molar-refractivity contribution in [2.24, 2.45) is 11.7 Å². The average molecular weight is 284 g/mol. The van der Waals surface area contributed by atoms with Crippen LogP contribution in [0.5, 0.6) is 0 Å². The van der Waals surface area contributed by atoms with Gasteiger partial charge in [-0.1, -0.05) is 32.9 Å². The molecule has 4 nitrogen and oxygen atoms in total. The van der Waals surface area contributed by atoms with E-state index < -0.39 is 15.6 Å². The molecule has 0 saturated carbocycles. The van der Waals surface area contributed by atoms with Crippen LogP contribution in [0, 0.1) is 5.92 Å². The number of nitrogens with two attached hydrogens (primary N) is 1. The minimum atomic E-state index is -3.53. The van der Waals surface area contributed by atoms with Gasteiger partial charge in [-0.25, -0.2) is 13.1 Å². The number of hydrogen-bond acceptors (Lipinski definition) is 3. The molecule has 0 aliphatic rings. The van der Waals surface area contributed by atoms with Crippen molar-refractivity contribution >= 4 is 10.0 Å². The molecule has 0 aliphatic carbocycles. The lowest BCUT2D eigenvalue weighted by atomic mass is 9.90. The van der Waals surface area contributed by atoms with Crippen LogP contribution < -0.4 is 10.5 Å². The van der Waals surface area contributed by atoms with E-state index >= 15 is 0 Å². The Morgan fingerprint density at radius 3 is 2.16 bits per heavy atom. The molecule has 0 amide bonds. The molecule has 108 valence electrons. The monoisotopic (exact) mass is 284 g/mol. The molecule has 0 spiro atoms. The molecule has 1 aromatic carbocycles. The van der Waals surface area contributed by atoms with Crippen molar-refractivity contribution in [2.75, 3.05) is 6.54 Å². The highest BCUT2D eigenvalue weighted by Crippen LogP contribution is 2.19.